The van der Waals surface area contributed by atoms with Crippen LogP contribution in [-0.2, 0) is 14.3 Å². The van der Waals surface area contributed by atoms with Crippen LogP contribution in [0.4, 0.5) is 5.69 Å². The van der Waals surface area contributed by atoms with E-state index >= 15 is 0 Å². The second-order valence-electron chi connectivity index (χ2n) is 8.09. The van der Waals surface area contributed by atoms with Crippen LogP contribution >= 0.6 is 0 Å². The van der Waals surface area contributed by atoms with E-state index in [9.17, 15) is 9.59 Å². The second kappa shape index (κ2) is 9.26. The van der Waals surface area contributed by atoms with Crippen molar-refractivity contribution in [2.24, 2.45) is 0 Å². The molecule has 1 N–H and O–H groups in total. The molecule has 30 heavy (non-hydrogen) atoms. The number of aryl methyl sites for hydroxylation is 3. The van der Waals surface area contributed by atoms with Gasteiger partial charge in [0, 0.05) is 18.8 Å². The Hall–Kier alpha value is -2.92. The molecule has 0 saturated carbocycles. The van der Waals surface area contributed by atoms with Crippen molar-refractivity contribution >= 4 is 23.1 Å². The molecule has 0 spiro atoms. The molecule has 0 bridgehead atoms. The van der Waals surface area contributed by atoms with Crippen LogP contribution in [0.3, 0.4) is 0 Å². The van der Waals surface area contributed by atoms with Gasteiger partial charge >= 0.3 is 0 Å². The molecule has 2 aromatic rings. The Morgan fingerprint density at radius 2 is 1.60 bits per heavy atom. The Kier molecular flexibility index (Phi) is 6.73. The Balaban J connectivity index is 1.94. The molecule has 0 radical (unpaired) electrons. The first-order valence-corrected chi connectivity index (χ1v) is 10.4. The summed E-state index contributed by atoms with van der Waals surface area (Å²) in [6.07, 6.45) is 0.728. The number of nitrogens with zero attached hydrogens (tertiary/aromatic N) is 1. The second-order valence-corrected chi connectivity index (χ2v) is 8.09. The van der Waals surface area contributed by atoms with Crippen LogP contribution in [0.2, 0.25) is 0 Å². The highest BCUT2D eigenvalue weighted by Gasteiger charge is 2.39. The van der Waals surface area contributed by atoms with E-state index in [0.29, 0.717) is 30.8 Å². The molecule has 158 valence electrons. The molecule has 0 aliphatic carbocycles. The van der Waals surface area contributed by atoms with Crippen molar-refractivity contribution < 1.29 is 14.3 Å². The van der Waals surface area contributed by atoms with E-state index < -0.39 is 0 Å². The number of carbonyl (C=O) groups is 2. The summed E-state index contributed by atoms with van der Waals surface area (Å²) in [7, 11) is 0. The van der Waals surface area contributed by atoms with Gasteiger partial charge in [-0.1, -0.05) is 42.0 Å². The maximum atomic E-state index is 13.2. The highest BCUT2D eigenvalue weighted by Crippen LogP contribution is 2.31. The average Bonchev–Trinajstić information content (AvgIpc) is 2.92. The Labute approximate surface area is 178 Å². The van der Waals surface area contributed by atoms with Crippen LogP contribution in [0, 0.1) is 20.8 Å². The molecule has 1 aliphatic heterocycles. The average molecular weight is 407 g/mol. The summed E-state index contributed by atoms with van der Waals surface area (Å²) < 4.78 is 5.57. The summed E-state index contributed by atoms with van der Waals surface area (Å²) >= 11 is 0. The first-order valence-electron chi connectivity index (χ1n) is 10.4. The zero-order chi connectivity index (χ0) is 21.8. The van der Waals surface area contributed by atoms with Gasteiger partial charge in [0.15, 0.2) is 0 Å². The topological polar surface area (TPSA) is 58.6 Å². The van der Waals surface area contributed by atoms with Crippen LogP contribution in [-0.4, -0.2) is 36.0 Å². The van der Waals surface area contributed by atoms with E-state index in [2.05, 4.69) is 5.32 Å². The first kappa shape index (κ1) is 21.8. The van der Waals surface area contributed by atoms with Gasteiger partial charge in [0.05, 0.1) is 11.7 Å². The Morgan fingerprint density at radius 1 is 0.933 bits per heavy atom. The third-order valence-corrected chi connectivity index (χ3v) is 5.14. The van der Waals surface area contributed by atoms with E-state index in [1.165, 1.54) is 4.90 Å². The van der Waals surface area contributed by atoms with Crippen LogP contribution in [0.5, 0.6) is 0 Å². The summed E-state index contributed by atoms with van der Waals surface area (Å²) in [5.74, 6) is -0.553. The van der Waals surface area contributed by atoms with Gasteiger partial charge in [-0.2, -0.15) is 0 Å². The van der Waals surface area contributed by atoms with Crippen molar-refractivity contribution in [3.63, 3.8) is 0 Å². The van der Waals surface area contributed by atoms with Gasteiger partial charge in [-0.15, -0.1) is 0 Å². The molecule has 0 aromatic heterocycles. The monoisotopic (exact) mass is 406 g/mol. The molecule has 3 rings (SSSR count). The van der Waals surface area contributed by atoms with Crippen molar-refractivity contribution in [1.29, 1.82) is 0 Å². The fraction of sp³-hybridized carbons (Fsp3) is 0.360. The highest BCUT2D eigenvalue weighted by atomic mass is 16.5. The van der Waals surface area contributed by atoms with E-state index in [4.69, 9.17) is 4.74 Å². The van der Waals surface area contributed by atoms with Crippen molar-refractivity contribution in [3.8, 4) is 0 Å². The minimum absolute atomic E-state index is 0.123. The van der Waals surface area contributed by atoms with Gasteiger partial charge in [0.1, 0.15) is 5.70 Å². The number of rotatable bonds is 8. The smallest absolute Gasteiger partial charge is 0.278 e. The Bertz CT molecular complexity index is 974. The number of amides is 2. The maximum absolute atomic E-state index is 13.2. The van der Waals surface area contributed by atoms with Crippen LogP contribution in [0.1, 0.15) is 42.5 Å². The number of benzene rings is 2. The molecule has 2 amide bonds. The standard InChI is InChI=1S/C25H30N2O3/c1-16(2)30-14-6-13-27-24(28)22(20-11-8-17(3)9-12-20)23(25(27)29)26-21-15-18(4)7-10-19(21)5/h7-12,15-16,26H,6,13-14H2,1-5H3. The van der Waals surface area contributed by atoms with Crippen LogP contribution in [0.25, 0.3) is 5.57 Å². The number of nitrogens with one attached hydrogen (secondary N) is 1. The molecule has 5 heteroatoms. The number of anilines is 1. The molecular weight excluding hydrogens is 376 g/mol. The SMILES string of the molecule is Cc1ccc(C2=C(Nc3cc(C)ccc3C)C(=O)N(CCCOC(C)C)C2=O)cc1. The summed E-state index contributed by atoms with van der Waals surface area (Å²) in [5.41, 5.74) is 5.53. The van der Waals surface area contributed by atoms with Crippen molar-refractivity contribution in [3.05, 3.63) is 70.4 Å². The van der Waals surface area contributed by atoms with Crippen molar-refractivity contribution in [1.82, 2.24) is 4.90 Å². The number of ether oxygens (including phenoxy) is 1. The van der Waals surface area contributed by atoms with Crippen molar-refractivity contribution in [2.75, 3.05) is 18.5 Å². The molecule has 0 fully saturated rings. The van der Waals surface area contributed by atoms with E-state index in [0.717, 1.165) is 27.9 Å². The molecule has 5 nitrogen and oxygen atoms in total. The largest absolute Gasteiger partial charge is 0.379 e. The highest BCUT2D eigenvalue weighted by molar-refractivity contribution is 6.36. The van der Waals surface area contributed by atoms with Gasteiger partial charge in [0.2, 0.25) is 0 Å². The fourth-order valence-corrected chi connectivity index (χ4v) is 3.43. The number of hydrogen-bond acceptors (Lipinski definition) is 4. The summed E-state index contributed by atoms with van der Waals surface area (Å²) in [6.45, 7) is 10.8. The predicted molar refractivity (Wildman–Crippen MR) is 120 cm³/mol. The zero-order valence-corrected chi connectivity index (χ0v) is 18.4. The zero-order valence-electron chi connectivity index (χ0n) is 18.4. The predicted octanol–water partition coefficient (Wildman–Crippen LogP) is 4.62. The van der Waals surface area contributed by atoms with Gasteiger partial charge < -0.3 is 10.1 Å². The van der Waals surface area contributed by atoms with Gasteiger partial charge in [-0.05, 0) is 63.8 Å². The lowest BCUT2D eigenvalue weighted by molar-refractivity contribution is -0.137. The summed E-state index contributed by atoms with van der Waals surface area (Å²) in [6, 6.07) is 13.7. The normalized spacial score (nSPS) is 14.3. The van der Waals surface area contributed by atoms with Gasteiger partial charge in [0.25, 0.3) is 11.8 Å². The molecular formula is C25H30N2O3. The third-order valence-electron chi connectivity index (χ3n) is 5.14. The lowest BCUT2D eigenvalue weighted by atomic mass is 10.0. The van der Waals surface area contributed by atoms with E-state index in [1.54, 1.807) is 0 Å². The molecule has 0 unspecified atom stereocenters. The van der Waals surface area contributed by atoms with Crippen LogP contribution in [0.15, 0.2) is 48.2 Å². The quantitative estimate of drug-likeness (QED) is 0.513. The minimum atomic E-state index is -0.291. The lowest BCUT2D eigenvalue weighted by Gasteiger charge is -2.16. The van der Waals surface area contributed by atoms with Crippen molar-refractivity contribution in [2.45, 2.75) is 47.1 Å². The molecule has 2 aromatic carbocycles. The minimum Gasteiger partial charge on any atom is -0.379 e. The number of carbonyl (C=O) groups excluding carboxylic acids is 2. The fourth-order valence-electron chi connectivity index (χ4n) is 3.43. The van der Waals surface area contributed by atoms with Gasteiger partial charge in [-0.3, -0.25) is 14.5 Å². The molecule has 0 saturated heterocycles. The third kappa shape index (κ3) is 4.79. The lowest BCUT2D eigenvalue weighted by Crippen LogP contribution is -2.34. The summed E-state index contributed by atoms with van der Waals surface area (Å²) in [5, 5.41) is 3.27. The first-order chi connectivity index (χ1) is 14.3. The summed E-state index contributed by atoms with van der Waals surface area (Å²) in [4.78, 5) is 27.8. The number of hydrogen-bond donors (Lipinski definition) is 1. The van der Waals surface area contributed by atoms with Gasteiger partial charge in [-0.25, -0.2) is 0 Å². The van der Waals surface area contributed by atoms with E-state index in [1.807, 2.05) is 77.1 Å². The maximum Gasteiger partial charge on any atom is 0.278 e. The number of imide groups is 1. The molecule has 1 heterocycles. The Morgan fingerprint density at radius 3 is 2.27 bits per heavy atom. The van der Waals surface area contributed by atoms with Crippen LogP contribution < -0.4 is 5.32 Å². The molecule has 1 aliphatic rings. The molecule has 0 atom stereocenters. The van der Waals surface area contributed by atoms with E-state index in [-0.39, 0.29) is 17.9 Å².